The number of nitrogens with two attached hydrogens (primary N) is 1. The van der Waals surface area contributed by atoms with Crippen LogP contribution in [0.1, 0.15) is 49.5 Å². The Morgan fingerprint density at radius 2 is 1.63 bits per heavy atom. The van der Waals surface area contributed by atoms with Crippen LogP contribution in [0.25, 0.3) is 0 Å². The fourth-order valence-corrected chi connectivity index (χ4v) is 7.81. The first-order valence-electron chi connectivity index (χ1n) is 18.7. The van der Waals surface area contributed by atoms with E-state index in [2.05, 4.69) is 45.8 Å². The first-order chi connectivity index (χ1) is 26.1. The quantitative estimate of drug-likeness (QED) is 0.238. The Labute approximate surface area is 313 Å². The molecule has 0 bridgehead atoms. The van der Waals surface area contributed by atoms with Crippen molar-refractivity contribution in [3.8, 4) is 0 Å². The number of anilines is 6. The average molecular weight is 743 g/mol. The van der Waals surface area contributed by atoms with Crippen LogP contribution in [0.2, 0.25) is 0 Å². The minimum Gasteiger partial charge on any atom is -0.372 e. The van der Waals surface area contributed by atoms with E-state index in [1.807, 2.05) is 29.2 Å². The molecule has 5 N–H and O–H groups in total. The summed E-state index contributed by atoms with van der Waals surface area (Å²) in [5, 5.41) is 16.5. The van der Waals surface area contributed by atoms with Crippen molar-refractivity contribution in [1.29, 1.82) is 0 Å². The second-order valence-electron chi connectivity index (χ2n) is 14.4. The van der Waals surface area contributed by atoms with Gasteiger partial charge in [-0.25, -0.2) is 9.18 Å². The van der Waals surface area contributed by atoms with E-state index in [9.17, 15) is 19.2 Å². The molecule has 1 aromatic heterocycles. The monoisotopic (exact) mass is 742 g/mol. The molecule has 3 aromatic rings. The standard InChI is InChI=1S/C37H47FN12O4/c1-24(51)40-27-3-2-13-49(23-27)36-43-35(33(34(39)53)44-45-36)41-26-4-9-31(30(38)21-26)48-19-17-46(18-20-48)22-25-10-14-47(15-11-25)28-5-7-29(8-6-28)50-16-12-32(52)42-37(50)54/h4-9,21,25,27H,2-3,10-20,22-23H2,1H3,(H2,39,53)(H,40,51)(H,41,43,45)(H,42,52,54)/t27-/m1/s1. The largest absolute Gasteiger partial charge is 0.372 e. The third-order valence-corrected chi connectivity index (χ3v) is 10.7. The average Bonchev–Trinajstić information content (AvgIpc) is 3.15. The molecule has 4 aliphatic heterocycles. The van der Waals surface area contributed by atoms with Crippen LogP contribution in [0.15, 0.2) is 42.5 Å². The summed E-state index contributed by atoms with van der Waals surface area (Å²) in [6, 6.07) is 12.4. The number of aromatic nitrogens is 3. The van der Waals surface area contributed by atoms with Crippen LogP contribution in [0.4, 0.5) is 43.7 Å². The fourth-order valence-electron chi connectivity index (χ4n) is 7.81. The van der Waals surface area contributed by atoms with Gasteiger partial charge < -0.3 is 31.1 Å². The molecular formula is C37H47FN12O4. The van der Waals surface area contributed by atoms with Crippen molar-refractivity contribution in [2.45, 2.75) is 45.1 Å². The summed E-state index contributed by atoms with van der Waals surface area (Å²) in [5.74, 6) is -0.593. The van der Waals surface area contributed by atoms with Crippen LogP contribution < -0.4 is 41.3 Å². The summed E-state index contributed by atoms with van der Waals surface area (Å²) in [6.45, 7) is 9.04. The van der Waals surface area contributed by atoms with Crippen LogP contribution in [-0.2, 0) is 9.59 Å². The van der Waals surface area contributed by atoms with Gasteiger partial charge in [0.15, 0.2) is 11.5 Å². The number of imide groups is 1. The van der Waals surface area contributed by atoms with Crippen LogP contribution in [0.3, 0.4) is 0 Å². The Morgan fingerprint density at radius 1 is 0.889 bits per heavy atom. The molecule has 4 saturated heterocycles. The maximum atomic E-state index is 15.6. The lowest BCUT2D eigenvalue weighted by molar-refractivity contribution is -0.120. The Kier molecular flexibility index (Phi) is 11.0. The summed E-state index contributed by atoms with van der Waals surface area (Å²) in [6.07, 6.45) is 4.12. The Morgan fingerprint density at radius 3 is 2.31 bits per heavy atom. The molecule has 5 amide bonds. The fraction of sp³-hybridized carbons (Fsp3) is 0.486. The molecule has 0 unspecified atom stereocenters. The summed E-state index contributed by atoms with van der Waals surface area (Å²) in [4.78, 5) is 62.4. The minimum absolute atomic E-state index is 0.0562. The van der Waals surface area contributed by atoms with Gasteiger partial charge in [0.05, 0.1) is 5.69 Å². The smallest absolute Gasteiger partial charge is 0.328 e. The molecule has 7 rings (SSSR count). The highest BCUT2D eigenvalue weighted by molar-refractivity contribution is 6.05. The molecule has 5 heterocycles. The van der Waals surface area contributed by atoms with Crippen molar-refractivity contribution < 1.29 is 23.6 Å². The highest BCUT2D eigenvalue weighted by Crippen LogP contribution is 2.30. The number of piperidine rings is 2. The van der Waals surface area contributed by atoms with E-state index in [4.69, 9.17) is 5.73 Å². The van der Waals surface area contributed by atoms with Gasteiger partial charge in [0.25, 0.3) is 5.91 Å². The van der Waals surface area contributed by atoms with Gasteiger partial charge in [-0.3, -0.25) is 29.5 Å². The Balaban J connectivity index is 0.894. The maximum Gasteiger partial charge on any atom is 0.328 e. The van der Waals surface area contributed by atoms with Crippen LogP contribution in [0, 0.1) is 11.7 Å². The molecule has 4 aliphatic rings. The number of amides is 5. The molecule has 0 saturated carbocycles. The van der Waals surface area contributed by atoms with Crippen LogP contribution in [-0.4, -0.2) is 115 Å². The number of rotatable bonds is 10. The number of benzene rings is 2. The second kappa shape index (κ2) is 16.2. The van der Waals surface area contributed by atoms with Crippen molar-refractivity contribution >= 4 is 58.3 Å². The van der Waals surface area contributed by atoms with E-state index in [0.717, 1.165) is 69.8 Å². The number of nitrogens with one attached hydrogen (secondary N) is 3. The maximum absolute atomic E-state index is 15.6. The molecule has 0 aliphatic carbocycles. The van der Waals surface area contributed by atoms with Gasteiger partial charge in [-0.15, -0.1) is 10.2 Å². The van der Waals surface area contributed by atoms with E-state index in [1.165, 1.54) is 13.0 Å². The van der Waals surface area contributed by atoms with E-state index in [-0.39, 0.29) is 47.2 Å². The van der Waals surface area contributed by atoms with Crippen LogP contribution in [0.5, 0.6) is 0 Å². The molecule has 16 nitrogen and oxygen atoms in total. The molecule has 1 atom stereocenters. The molecule has 0 radical (unpaired) electrons. The third-order valence-electron chi connectivity index (χ3n) is 10.7. The Bertz CT molecular complexity index is 1860. The van der Waals surface area contributed by atoms with Crippen molar-refractivity contribution in [3.63, 3.8) is 0 Å². The predicted octanol–water partition coefficient (Wildman–Crippen LogP) is 2.44. The summed E-state index contributed by atoms with van der Waals surface area (Å²) < 4.78 is 15.6. The number of piperazine rings is 1. The number of carbonyl (C=O) groups is 4. The van der Waals surface area contributed by atoms with Crippen molar-refractivity contribution in [2.75, 3.05) is 90.4 Å². The highest BCUT2D eigenvalue weighted by Gasteiger charge is 2.28. The zero-order chi connectivity index (χ0) is 37.8. The number of carbonyl (C=O) groups excluding carboxylic acids is 4. The number of hydrogen-bond acceptors (Lipinski definition) is 12. The second-order valence-corrected chi connectivity index (χ2v) is 14.4. The van der Waals surface area contributed by atoms with Crippen molar-refractivity contribution in [2.24, 2.45) is 11.7 Å². The normalized spacial score (nSPS) is 20.1. The molecule has 2 aromatic carbocycles. The minimum atomic E-state index is -0.809. The van der Waals surface area contributed by atoms with Gasteiger partial charge in [-0.2, -0.15) is 4.98 Å². The summed E-state index contributed by atoms with van der Waals surface area (Å²) in [7, 11) is 0. The third kappa shape index (κ3) is 8.62. The van der Waals surface area contributed by atoms with Crippen LogP contribution >= 0.6 is 0 Å². The lowest BCUT2D eigenvalue weighted by Crippen LogP contribution is -2.49. The SMILES string of the molecule is CC(=O)N[C@@H]1CCCN(c2nnc(C(N)=O)c(Nc3ccc(N4CCN(CC5CCN(c6ccc(N7CCC(=O)NC7=O)cc6)CC5)CC4)c(F)c3)n2)C1. The number of halogens is 1. The number of primary amides is 1. The summed E-state index contributed by atoms with van der Waals surface area (Å²) in [5.41, 5.74) is 8.24. The first-order valence-corrected chi connectivity index (χ1v) is 18.7. The van der Waals surface area contributed by atoms with Crippen molar-refractivity contribution in [3.05, 3.63) is 54.0 Å². The van der Waals surface area contributed by atoms with Gasteiger partial charge in [-0.1, -0.05) is 0 Å². The number of hydrogen-bond donors (Lipinski definition) is 4. The first kappa shape index (κ1) is 36.8. The molecular weight excluding hydrogens is 695 g/mol. The summed E-state index contributed by atoms with van der Waals surface area (Å²) >= 11 is 0. The number of urea groups is 1. The van der Waals surface area contributed by atoms with E-state index >= 15 is 4.39 Å². The van der Waals surface area contributed by atoms with E-state index in [1.54, 1.807) is 17.0 Å². The molecule has 4 fully saturated rings. The van der Waals surface area contributed by atoms with Gasteiger partial charge in [0.1, 0.15) is 5.82 Å². The van der Waals surface area contributed by atoms with Crippen molar-refractivity contribution in [1.82, 2.24) is 30.7 Å². The zero-order valence-corrected chi connectivity index (χ0v) is 30.5. The molecule has 0 spiro atoms. The van der Waals surface area contributed by atoms with Gasteiger partial charge in [-0.05, 0) is 74.1 Å². The Hall–Kier alpha value is -5.58. The number of nitrogens with zero attached hydrogens (tertiary/aromatic N) is 8. The van der Waals surface area contributed by atoms with E-state index < -0.39 is 5.91 Å². The van der Waals surface area contributed by atoms with Gasteiger partial charge >= 0.3 is 6.03 Å². The lowest BCUT2D eigenvalue weighted by Gasteiger charge is -2.40. The molecule has 54 heavy (non-hydrogen) atoms. The van der Waals surface area contributed by atoms with Gasteiger partial charge in [0, 0.05) is 102 Å². The topological polar surface area (TPSA) is 185 Å². The van der Waals surface area contributed by atoms with E-state index in [0.29, 0.717) is 56.4 Å². The molecule has 286 valence electrons. The molecule has 17 heteroatoms. The predicted molar refractivity (Wildman–Crippen MR) is 203 cm³/mol. The highest BCUT2D eigenvalue weighted by atomic mass is 19.1. The zero-order valence-electron chi connectivity index (χ0n) is 30.5. The lowest BCUT2D eigenvalue weighted by atomic mass is 9.95. The van der Waals surface area contributed by atoms with Gasteiger partial charge in [0.2, 0.25) is 17.8 Å².